The Balaban J connectivity index is 1.81. The molecule has 1 aliphatic carbocycles. The maximum atomic E-state index is 13.0. The first-order valence-corrected chi connectivity index (χ1v) is 27.6. The van der Waals surface area contributed by atoms with Gasteiger partial charge in [0.2, 0.25) is 0 Å². The van der Waals surface area contributed by atoms with Crippen molar-refractivity contribution >= 4 is 27.6 Å². The lowest BCUT2D eigenvalue weighted by Gasteiger charge is -2.43. The second-order valence-corrected chi connectivity index (χ2v) is 19.8. The molecule has 68 heavy (non-hydrogen) atoms. The van der Waals surface area contributed by atoms with Crippen LogP contribution in [-0.4, -0.2) is 115 Å². The summed E-state index contributed by atoms with van der Waals surface area (Å²) in [5.74, 6) is -1.31. The van der Waals surface area contributed by atoms with E-state index in [0.29, 0.717) is 31.5 Å². The van der Waals surface area contributed by atoms with Crippen LogP contribution in [0.2, 0.25) is 0 Å². The van der Waals surface area contributed by atoms with Crippen molar-refractivity contribution < 1.29 is 81.6 Å². The first kappa shape index (κ1) is 61.5. The summed E-state index contributed by atoms with van der Waals surface area (Å²) in [7, 11) is -10.7. The van der Waals surface area contributed by atoms with Gasteiger partial charge in [0.15, 0.2) is 6.10 Å². The smallest absolute Gasteiger partial charge is 0.462 e. The van der Waals surface area contributed by atoms with Gasteiger partial charge in [-0.2, -0.15) is 0 Å². The number of hydrogen-bond acceptors (Lipinski definition) is 14. The molecule has 19 heteroatoms. The molecule has 0 aromatic heterocycles. The minimum absolute atomic E-state index is 0.0444. The second-order valence-electron chi connectivity index (χ2n) is 17.2. The summed E-state index contributed by atoms with van der Waals surface area (Å²) in [6.45, 7) is 2.98. The van der Waals surface area contributed by atoms with Crippen LogP contribution >= 0.6 is 15.6 Å². The van der Waals surface area contributed by atoms with Gasteiger partial charge in [-0.05, 0) is 83.5 Å². The molecule has 10 atom stereocenters. The number of carbonyl (C=O) groups excluding carboxylic acids is 2. The van der Waals surface area contributed by atoms with Crippen LogP contribution in [0.3, 0.4) is 0 Å². The largest absolute Gasteiger partial charge is 0.472 e. The molecule has 1 aliphatic heterocycles. The molecule has 0 radical (unpaired) electrons. The molecule has 1 saturated heterocycles. The molecule has 0 aromatic carbocycles. The van der Waals surface area contributed by atoms with Gasteiger partial charge in [-0.3, -0.25) is 23.2 Å². The maximum absolute atomic E-state index is 13.0. The van der Waals surface area contributed by atoms with Crippen molar-refractivity contribution in [3.8, 4) is 0 Å². The fraction of sp³-hybridized carbons (Fsp3) is 0.714. The topological polar surface area (TPSA) is 269 Å². The predicted octanol–water partition coefficient (Wildman–Crippen LogP) is 8.61. The van der Waals surface area contributed by atoms with Gasteiger partial charge >= 0.3 is 27.6 Å². The highest BCUT2D eigenvalue weighted by Gasteiger charge is 2.54. The van der Waals surface area contributed by atoms with E-state index in [1.54, 1.807) is 0 Å². The van der Waals surface area contributed by atoms with Crippen LogP contribution in [0.25, 0.3) is 0 Å². The first-order valence-electron chi connectivity index (χ1n) is 24.6. The van der Waals surface area contributed by atoms with E-state index in [-0.39, 0.29) is 12.8 Å². The number of carbonyl (C=O) groups is 2. The summed E-state index contributed by atoms with van der Waals surface area (Å²) < 4.78 is 55.1. The summed E-state index contributed by atoms with van der Waals surface area (Å²) in [5, 5.41) is 41.3. The average Bonchev–Trinajstić information content (AvgIpc) is 4.05. The molecule has 0 aromatic rings. The number of rotatable bonds is 39. The molecule has 0 amide bonds. The van der Waals surface area contributed by atoms with Gasteiger partial charge in [0.05, 0.1) is 18.8 Å². The van der Waals surface area contributed by atoms with Crippen molar-refractivity contribution in [2.75, 3.05) is 13.2 Å². The third kappa shape index (κ3) is 29.6. The summed E-state index contributed by atoms with van der Waals surface area (Å²) in [5.41, 5.74) is 0. The summed E-state index contributed by atoms with van der Waals surface area (Å²) in [6.07, 6.45) is 30.3. The molecule has 0 bridgehead atoms. The molecule has 2 rings (SSSR count). The van der Waals surface area contributed by atoms with Crippen LogP contribution in [-0.2, 0) is 46.5 Å². The zero-order chi connectivity index (χ0) is 50.0. The zero-order valence-corrected chi connectivity index (χ0v) is 42.0. The van der Waals surface area contributed by atoms with Crippen LogP contribution in [0.15, 0.2) is 72.9 Å². The minimum Gasteiger partial charge on any atom is -0.462 e. The third-order valence-electron chi connectivity index (χ3n) is 11.2. The number of allylic oxidation sites excluding steroid dienone is 11. The van der Waals surface area contributed by atoms with Gasteiger partial charge in [0.1, 0.15) is 43.2 Å². The van der Waals surface area contributed by atoms with E-state index in [9.17, 15) is 53.8 Å². The number of phosphoric acid groups is 2. The van der Waals surface area contributed by atoms with Gasteiger partial charge < -0.3 is 49.3 Å². The molecule has 0 spiro atoms. The van der Waals surface area contributed by atoms with Gasteiger partial charge in [0, 0.05) is 12.8 Å². The van der Waals surface area contributed by atoms with E-state index >= 15 is 0 Å². The molecule has 7 N–H and O–H groups in total. The van der Waals surface area contributed by atoms with E-state index in [1.807, 2.05) is 12.2 Å². The summed E-state index contributed by atoms with van der Waals surface area (Å²) in [4.78, 5) is 54.3. The zero-order valence-electron chi connectivity index (χ0n) is 40.2. The van der Waals surface area contributed by atoms with Crippen LogP contribution in [0.4, 0.5) is 0 Å². The second kappa shape index (κ2) is 36.3. The molecule has 2 fully saturated rings. The van der Waals surface area contributed by atoms with E-state index in [1.165, 1.54) is 38.5 Å². The number of unbranched alkanes of at least 4 members (excludes halogenated alkanes) is 10. The Kier molecular flexibility index (Phi) is 32.9. The number of aliphatic hydroxyl groups is 4. The maximum Gasteiger partial charge on any atom is 0.472 e. The van der Waals surface area contributed by atoms with E-state index < -0.39 is 83.5 Å². The van der Waals surface area contributed by atoms with Crippen molar-refractivity contribution in [1.29, 1.82) is 0 Å². The van der Waals surface area contributed by atoms with E-state index in [4.69, 9.17) is 23.3 Å². The Bertz CT molecular complexity index is 1660. The van der Waals surface area contributed by atoms with Crippen LogP contribution in [0.1, 0.15) is 155 Å². The number of aliphatic hydroxyl groups excluding tert-OH is 4. The molecule has 390 valence electrons. The third-order valence-corrected chi connectivity index (χ3v) is 12.7. The molecule has 2 aliphatic rings. The average molecular weight is 1010 g/mol. The number of hydrogen-bond donors (Lipinski definition) is 7. The SMILES string of the molecule is CCCCC/C=C\C/C=C\C/C=C\CCCCCCC(=O)OC[C@H](COP(=O)(O)O[C@H]1C(O)C(O)C(O)[C@@H](OP(=O)(O)O)C1O)OC(=O)CCC/C=C\C/C=C\C/C=C\CC1OC1CCCCC. The van der Waals surface area contributed by atoms with E-state index in [0.717, 1.165) is 70.6 Å². The predicted molar refractivity (Wildman–Crippen MR) is 259 cm³/mol. The Labute approximate surface area is 404 Å². The molecule has 7 unspecified atom stereocenters. The Morgan fingerprint density at radius 2 is 1.04 bits per heavy atom. The lowest BCUT2D eigenvalue weighted by atomic mass is 9.85. The lowest BCUT2D eigenvalue weighted by Crippen LogP contribution is -2.64. The minimum atomic E-state index is -5.38. The number of ether oxygens (including phenoxy) is 3. The number of phosphoric ester groups is 2. The quantitative estimate of drug-likeness (QED) is 0.00998. The van der Waals surface area contributed by atoms with Crippen LogP contribution < -0.4 is 0 Å². The monoisotopic (exact) mass is 1000 g/mol. The first-order chi connectivity index (χ1) is 32.6. The van der Waals surface area contributed by atoms with Crippen LogP contribution in [0, 0.1) is 0 Å². The summed E-state index contributed by atoms with van der Waals surface area (Å²) >= 11 is 0. The van der Waals surface area contributed by atoms with Crippen molar-refractivity contribution in [3.63, 3.8) is 0 Å². The molecule has 17 nitrogen and oxygen atoms in total. The Morgan fingerprint density at radius 3 is 1.63 bits per heavy atom. The standard InChI is InChI=1S/C49H82O17P2/c1-3-5-7-8-9-10-11-12-13-14-15-16-17-21-24-27-31-35-42(50)61-37-39(38-62-68(59,60)66-49-46(54)44(52)45(53)48(47(49)55)65-67(56,57)58)63-43(51)36-32-28-25-22-19-18-20-23-26-30-34-41-40(64-41)33-29-6-4-2/h9-10,12-13,15-16,18,20,22,25-26,30,39-41,44-49,52-55H,3-8,11,14,17,19,21,23-24,27-29,31-38H2,1-2H3,(H,59,60)(H2,56,57,58)/b10-9-,13-12-,16-15-,20-18-,25-22-,30-26-/t39-,40?,41?,44?,45?,46?,47?,48-,49+/m1/s1. The van der Waals surface area contributed by atoms with E-state index in [2.05, 4.69) is 79.1 Å². The number of esters is 2. The fourth-order valence-corrected chi connectivity index (χ4v) is 8.77. The van der Waals surface area contributed by atoms with Crippen LogP contribution in [0.5, 0.6) is 0 Å². The van der Waals surface area contributed by atoms with Crippen molar-refractivity contribution in [2.45, 2.75) is 210 Å². The van der Waals surface area contributed by atoms with Gasteiger partial charge in [-0.1, -0.05) is 132 Å². The van der Waals surface area contributed by atoms with Crippen molar-refractivity contribution in [1.82, 2.24) is 0 Å². The highest BCUT2D eigenvalue weighted by molar-refractivity contribution is 7.47. The van der Waals surface area contributed by atoms with Crippen molar-refractivity contribution in [3.05, 3.63) is 72.9 Å². The molecular weight excluding hydrogens is 922 g/mol. The highest BCUT2D eigenvalue weighted by atomic mass is 31.2. The lowest BCUT2D eigenvalue weighted by molar-refractivity contribution is -0.216. The van der Waals surface area contributed by atoms with Gasteiger partial charge in [0.25, 0.3) is 0 Å². The fourth-order valence-electron chi connectivity index (χ4n) is 7.24. The highest BCUT2D eigenvalue weighted by Crippen LogP contribution is 2.49. The molecule has 1 saturated carbocycles. The summed E-state index contributed by atoms with van der Waals surface area (Å²) in [6, 6.07) is 0. The van der Waals surface area contributed by atoms with Gasteiger partial charge in [-0.25, -0.2) is 9.13 Å². The Morgan fingerprint density at radius 1 is 0.544 bits per heavy atom. The number of epoxide rings is 1. The molecule has 1 heterocycles. The Hall–Kier alpha value is -2.60. The normalized spacial score (nSPS) is 24.8. The van der Waals surface area contributed by atoms with Crippen molar-refractivity contribution in [2.24, 2.45) is 0 Å². The molecular formula is C49H82O17P2. The van der Waals surface area contributed by atoms with Gasteiger partial charge in [-0.15, -0.1) is 0 Å².